The van der Waals surface area contributed by atoms with E-state index >= 15 is 0 Å². The normalized spacial score (nSPS) is 11.7. The molecule has 2 aromatic heterocycles. The molecule has 0 atom stereocenters. The van der Waals surface area contributed by atoms with Gasteiger partial charge < -0.3 is 4.42 Å². The van der Waals surface area contributed by atoms with E-state index in [2.05, 4.69) is 118 Å². The van der Waals surface area contributed by atoms with Crippen LogP contribution in [-0.4, -0.2) is 0 Å². The largest absolute Gasteiger partial charge is 0.455 e. The van der Waals surface area contributed by atoms with Crippen LogP contribution in [0, 0.1) is 23.7 Å². The van der Waals surface area contributed by atoms with Crippen LogP contribution in [0.2, 0.25) is 0 Å². The Morgan fingerprint density at radius 3 is 2.20 bits per heavy atom. The maximum Gasteiger partial charge on any atom is 0.216 e. The molecule has 4 aromatic carbocycles. The second-order valence-corrected chi connectivity index (χ2v) is 12.0. The molecule has 0 aliphatic rings. The second-order valence-electron chi connectivity index (χ2n) is 12.0. The molecule has 0 radical (unpaired) electrons. The minimum absolute atomic E-state index is 0.195. The van der Waals surface area contributed by atoms with E-state index in [-0.39, 0.29) is 5.41 Å². The Hall–Kier alpha value is -4.68. The van der Waals surface area contributed by atoms with E-state index in [1.165, 1.54) is 11.1 Å². The molecule has 0 fully saturated rings. The smallest absolute Gasteiger partial charge is 0.216 e. The number of furan rings is 1. The van der Waals surface area contributed by atoms with Crippen LogP contribution in [0.15, 0.2) is 102 Å². The number of nitrogens with zero attached hydrogens (tertiary/aromatic N) is 2. The van der Waals surface area contributed by atoms with Crippen molar-refractivity contribution in [1.29, 1.82) is 5.26 Å². The van der Waals surface area contributed by atoms with Crippen molar-refractivity contribution in [3.05, 3.63) is 114 Å². The summed E-state index contributed by atoms with van der Waals surface area (Å²) < 4.78 is 8.73. The molecule has 196 valence electrons. The minimum Gasteiger partial charge on any atom is -0.455 e. The molecular weight excluding hydrogens is 488 g/mol. The quantitative estimate of drug-likeness (QED) is 0.217. The standard InChI is InChI=1S/C37H33N2O/c1-24-11-16-30-32-21-31(28-14-12-27(13-15-28)26-9-7-6-8-10-26)29(23-38)20-34(32)40-36(30)35(24)33-19-25(17-18-39(33)5)22-37(2,3)4/h6-21H,22H2,1-5H3/q+1. The van der Waals surface area contributed by atoms with Crippen molar-refractivity contribution in [3.8, 4) is 39.6 Å². The first-order valence-electron chi connectivity index (χ1n) is 13.8. The van der Waals surface area contributed by atoms with E-state index in [1.807, 2.05) is 24.3 Å². The summed E-state index contributed by atoms with van der Waals surface area (Å²) >= 11 is 0. The highest BCUT2D eigenvalue weighted by Crippen LogP contribution is 2.40. The van der Waals surface area contributed by atoms with E-state index in [0.29, 0.717) is 5.56 Å². The number of rotatable bonds is 4. The topological polar surface area (TPSA) is 40.8 Å². The predicted octanol–water partition coefficient (Wildman–Crippen LogP) is 9.18. The summed E-state index contributed by atoms with van der Waals surface area (Å²) in [4.78, 5) is 0. The van der Waals surface area contributed by atoms with E-state index in [9.17, 15) is 5.26 Å². The highest BCUT2D eigenvalue weighted by atomic mass is 16.3. The number of nitriles is 1. The van der Waals surface area contributed by atoms with Crippen LogP contribution in [0.5, 0.6) is 0 Å². The Morgan fingerprint density at radius 1 is 0.800 bits per heavy atom. The lowest BCUT2D eigenvalue weighted by atomic mass is 9.87. The molecule has 3 heteroatoms. The minimum atomic E-state index is 0.195. The first-order chi connectivity index (χ1) is 19.2. The van der Waals surface area contributed by atoms with Crippen LogP contribution in [0.1, 0.15) is 37.5 Å². The van der Waals surface area contributed by atoms with Crippen molar-refractivity contribution in [2.24, 2.45) is 12.5 Å². The van der Waals surface area contributed by atoms with Crippen molar-refractivity contribution >= 4 is 21.9 Å². The molecule has 0 spiro atoms. The molecule has 3 nitrogen and oxygen atoms in total. The van der Waals surface area contributed by atoms with Crippen molar-refractivity contribution < 1.29 is 8.98 Å². The number of aryl methyl sites for hydroxylation is 2. The van der Waals surface area contributed by atoms with E-state index in [0.717, 1.165) is 61.9 Å². The van der Waals surface area contributed by atoms with Crippen molar-refractivity contribution in [3.63, 3.8) is 0 Å². The third-order valence-corrected chi connectivity index (χ3v) is 7.62. The number of hydrogen-bond donors (Lipinski definition) is 0. The SMILES string of the molecule is Cc1ccc2c(oc3cc(C#N)c(-c4ccc(-c5ccccc5)cc4)cc32)c1-c1cc(CC(C)(C)C)cc[n+]1C. The molecule has 6 rings (SSSR count). The summed E-state index contributed by atoms with van der Waals surface area (Å²) in [5, 5.41) is 12.2. The molecule has 40 heavy (non-hydrogen) atoms. The Bertz CT molecular complexity index is 1910. The van der Waals surface area contributed by atoms with E-state index in [1.54, 1.807) is 0 Å². The van der Waals surface area contributed by atoms with Crippen molar-refractivity contribution in [2.75, 3.05) is 0 Å². The second kappa shape index (κ2) is 9.81. The zero-order chi connectivity index (χ0) is 28.0. The number of pyridine rings is 1. The first-order valence-corrected chi connectivity index (χ1v) is 13.8. The molecule has 0 aliphatic heterocycles. The summed E-state index contributed by atoms with van der Waals surface area (Å²) in [5.74, 6) is 0. The molecule has 0 amide bonds. The summed E-state index contributed by atoms with van der Waals surface area (Å²) in [6.45, 7) is 8.94. The number of fused-ring (bicyclic) bond motifs is 3. The predicted molar refractivity (Wildman–Crippen MR) is 164 cm³/mol. The highest BCUT2D eigenvalue weighted by molar-refractivity contribution is 6.11. The van der Waals surface area contributed by atoms with E-state index < -0.39 is 0 Å². The van der Waals surface area contributed by atoms with Gasteiger partial charge in [-0.1, -0.05) is 87.5 Å². The molecule has 0 aliphatic carbocycles. The van der Waals surface area contributed by atoms with Crippen molar-refractivity contribution in [1.82, 2.24) is 0 Å². The van der Waals surface area contributed by atoms with Gasteiger partial charge in [0, 0.05) is 28.5 Å². The van der Waals surface area contributed by atoms with Gasteiger partial charge in [0.25, 0.3) is 0 Å². The van der Waals surface area contributed by atoms with Crippen LogP contribution in [0.3, 0.4) is 0 Å². The van der Waals surface area contributed by atoms with Gasteiger partial charge in [0.15, 0.2) is 6.20 Å². The van der Waals surface area contributed by atoms with Gasteiger partial charge in [0.2, 0.25) is 5.69 Å². The van der Waals surface area contributed by atoms with Gasteiger partial charge in [-0.05, 0) is 58.7 Å². The molecule has 2 heterocycles. The number of hydrogen-bond acceptors (Lipinski definition) is 2. The van der Waals surface area contributed by atoms with Gasteiger partial charge in [-0.3, -0.25) is 0 Å². The number of aromatic nitrogens is 1. The summed E-state index contributed by atoms with van der Waals surface area (Å²) in [7, 11) is 2.09. The van der Waals surface area contributed by atoms with Gasteiger partial charge in [0.05, 0.1) is 17.2 Å². The maximum absolute atomic E-state index is 10.1. The van der Waals surface area contributed by atoms with Crippen LogP contribution in [0.4, 0.5) is 0 Å². The Balaban J connectivity index is 1.51. The maximum atomic E-state index is 10.1. The van der Waals surface area contributed by atoms with Crippen LogP contribution < -0.4 is 4.57 Å². The zero-order valence-electron chi connectivity index (χ0n) is 23.7. The molecule has 6 aromatic rings. The fourth-order valence-electron chi connectivity index (χ4n) is 5.69. The molecular formula is C37H33N2O+. The van der Waals surface area contributed by atoms with Crippen LogP contribution in [-0.2, 0) is 13.5 Å². The summed E-state index contributed by atoms with van der Waals surface area (Å²) in [6, 6.07) is 34.0. The first kappa shape index (κ1) is 25.6. The van der Waals surface area contributed by atoms with Gasteiger partial charge in [-0.2, -0.15) is 5.26 Å². The fraction of sp³-hybridized carbons (Fsp3) is 0.189. The summed E-state index contributed by atoms with van der Waals surface area (Å²) in [5.41, 5.74) is 11.3. The third kappa shape index (κ3) is 4.67. The molecule has 0 saturated carbocycles. The molecule has 0 unspecified atom stereocenters. The van der Waals surface area contributed by atoms with Crippen molar-refractivity contribution in [2.45, 2.75) is 34.1 Å². The lowest BCUT2D eigenvalue weighted by Crippen LogP contribution is -2.31. The summed E-state index contributed by atoms with van der Waals surface area (Å²) in [6.07, 6.45) is 3.14. The van der Waals surface area contributed by atoms with Gasteiger partial charge >= 0.3 is 0 Å². The molecule has 0 N–H and O–H groups in total. The van der Waals surface area contributed by atoms with Crippen LogP contribution >= 0.6 is 0 Å². The number of benzene rings is 4. The average Bonchev–Trinajstić information content (AvgIpc) is 3.30. The molecule has 0 bridgehead atoms. The monoisotopic (exact) mass is 521 g/mol. The molecule has 0 saturated heterocycles. The highest BCUT2D eigenvalue weighted by Gasteiger charge is 2.23. The van der Waals surface area contributed by atoms with Gasteiger partial charge in [-0.15, -0.1) is 0 Å². The zero-order valence-corrected chi connectivity index (χ0v) is 23.7. The van der Waals surface area contributed by atoms with Gasteiger partial charge in [-0.25, -0.2) is 4.57 Å². The Kier molecular flexibility index (Phi) is 6.28. The Labute approximate surface area is 236 Å². The van der Waals surface area contributed by atoms with Crippen LogP contribution in [0.25, 0.3) is 55.4 Å². The fourth-order valence-corrected chi connectivity index (χ4v) is 5.69. The third-order valence-electron chi connectivity index (χ3n) is 7.62. The lowest BCUT2D eigenvalue weighted by Gasteiger charge is -2.18. The van der Waals surface area contributed by atoms with E-state index in [4.69, 9.17) is 4.42 Å². The lowest BCUT2D eigenvalue weighted by molar-refractivity contribution is -0.660. The van der Waals surface area contributed by atoms with Gasteiger partial charge in [0.1, 0.15) is 18.2 Å². The average molecular weight is 522 g/mol. The Morgan fingerprint density at radius 2 is 1.50 bits per heavy atom.